The van der Waals surface area contributed by atoms with Gasteiger partial charge in [0.05, 0.1) is 0 Å². The molecule has 4 nitrogen and oxygen atoms in total. The number of rotatable bonds is 5. The van der Waals surface area contributed by atoms with Crippen LogP contribution in [0, 0.1) is 0 Å². The van der Waals surface area contributed by atoms with Crippen molar-refractivity contribution in [2.45, 2.75) is 31.8 Å². The van der Waals surface area contributed by atoms with Crippen molar-refractivity contribution in [1.82, 2.24) is 9.88 Å². The van der Waals surface area contributed by atoms with E-state index in [9.17, 15) is 4.79 Å². The lowest BCUT2D eigenvalue weighted by Crippen LogP contribution is -2.41. The third-order valence-electron chi connectivity index (χ3n) is 3.28. The maximum Gasteiger partial charge on any atom is 0.222 e. The lowest BCUT2D eigenvalue weighted by molar-refractivity contribution is -0.132. The van der Waals surface area contributed by atoms with Gasteiger partial charge in [0.1, 0.15) is 6.10 Å². The molecule has 0 aliphatic carbocycles. The molecule has 4 heteroatoms. The average Bonchev–Trinajstić information content (AvgIpc) is 2.46. The Morgan fingerprint density at radius 2 is 2.26 bits per heavy atom. The fraction of sp³-hybridized carbons (Fsp3) is 0.467. The molecular weight excluding hydrogens is 240 g/mol. The van der Waals surface area contributed by atoms with Crippen LogP contribution < -0.4 is 4.74 Å². The van der Waals surface area contributed by atoms with Crippen molar-refractivity contribution in [3.63, 3.8) is 0 Å². The van der Waals surface area contributed by atoms with E-state index in [1.165, 1.54) is 0 Å². The fourth-order valence-corrected chi connectivity index (χ4v) is 2.19. The molecule has 0 saturated carbocycles. The van der Waals surface area contributed by atoms with Crippen LogP contribution in [0.15, 0.2) is 37.1 Å². The normalized spacial score (nSPS) is 16.1. The van der Waals surface area contributed by atoms with Gasteiger partial charge in [-0.2, -0.15) is 0 Å². The van der Waals surface area contributed by atoms with Crippen molar-refractivity contribution in [1.29, 1.82) is 0 Å². The number of amides is 1. The van der Waals surface area contributed by atoms with Crippen LogP contribution in [-0.4, -0.2) is 35.0 Å². The first-order valence-corrected chi connectivity index (χ1v) is 6.76. The summed E-state index contributed by atoms with van der Waals surface area (Å²) in [6.07, 6.45) is 6.74. The van der Waals surface area contributed by atoms with Crippen LogP contribution in [0.5, 0.6) is 5.88 Å². The summed E-state index contributed by atoms with van der Waals surface area (Å²) in [7, 11) is 0. The molecule has 102 valence electrons. The first-order chi connectivity index (χ1) is 9.29. The summed E-state index contributed by atoms with van der Waals surface area (Å²) < 4.78 is 5.80. The molecule has 2 heterocycles. The Hall–Kier alpha value is -1.84. The summed E-state index contributed by atoms with van der Waals surface area (Å²) in [6, 6.07) is 5.64. The van der Waals surface area contributed by atoms with E-state index < -0.39 is 0 Å². The Morgan fingerprint density at radius 3 is 2.89 bits per heavy atom. The molecule has 1 fully saturated rings. The van der Waals surface area contributed by atoms with Crippen LogP contribution in [0.25, 0.3) is 0 Å². The zero-order valence-electron chi connectivity index (χ0n) is 11.1. The number of nitrogens with zero attached hydrogens (tertiary/aromatic N) is 2. The standard InChI is InChI=1S/C15H20N2O2/c1-2-3-7-15(18)17-11-8-13(9-12-17)19-14-6-4-5-10-16-14/h2,4-6,10,13H,1,3,7-9,11-12H2. The highest BCUT2D eigenvalue weighted by atomic mass is 16.5. The first-order valence-electron chi connectivity index (χ1n) is 6.76. The minimum atomic E-state index is 0.165. The van der Waals surface area contributed by atoms with Gasteiger partial charge in [0.2, 0.25) is 11.8 Å². The zero-order valence-corrected chi connectivity index (χ0v) is 11.1. The van der Waals surface area contributed by atoms with E-state index in [1.807, 2.05) is 23.1 Å². The highest BCUT2D eigenvalue weighted by Gasteiger charge is 2.23. The predicted octanol–water partition coefficient (Wildman–Crippen LogP) is 2.42. The maximum absolute atomic E-state index is 11.8. The van der Waals surface area contributed by atoms with Gasteiger partial charge >= 0.3 is 0 Å². The number of likely N-dealkylation sites (tertiary alicyclic amines) is 1. The molecule has 0 aromatic carbocycles. The topological polar surface area (TPSA) is 42.4 Å². The Labute approximate surface area is 114 Å². The van der Waals surface area contributed by atoms with E-state index in [0.717, 1.165) is 32.4 Å². The van der Waals surface area contributed by atoms with Gasteiger partial charge in [-0.1, -0.05) is 12.1 Å². The summed E-state index contributed by atoms with van der Waals surface area (Å²) in [5.41, 5.74) is 0. The molecule has 1 aliphatic heterocycles. The van der Waals surface area contributed by atoms with Crippen LogP contribution in [0.4, 0.5) is 0 Å². The molecule has 0 spiro atoms. The van der Waals surface area contributed by atoms with Gasteiger partial charge in [-0.25, -0.2) is 4.98 Å². The molecule has 0 N–H and O–H groups in total. The largest absolute Gasteiger partial charge is 0.474 e. The van der Waals surface area contributed by atoms with Crippen LogP contribution >= 0.6 is 0 Å². The van der Waals surface area contributed by atoms with Gasteiger partial charge in [0.25, 0.3) is 0 Å². The summed E-state index contributed by atoms with van der Waals surface area (Å²) >= 11 is 0. The molecule has 1 amide bonds. The van der Waals surface area contributed by atoms with Crippen molar-refractivity contribution in [2.75, 3.05) is 13.1 Å². The van der Waals surface area contributed by atoms with Crippen molar-refractivity contribution in [3.8, 4) is 5.88 Å². The van der Waals surface area contributed by atoms with Crippen LogP contribution in [-0.2, 0) is 4.79 Å². The molecule has 19 heavy (non-hydrogen) atoms. The SMILES string of the molecule is C=CCCC(=O)N1CCC(Oc2ccccn2)CC1. The smallest absolute Gasteiger partial charge is 0.222 e. The highest BCUT2D eigenvalue weighted by molar-refractivity contribution is 5.76. The molecule has 0 atom stereocenters. The first kappa shape index (κ1) is 13.6. The number of hydrogen-bond acceptors (Lipinski definition) is 3. The van der Waals surface area contributed by atoms with Gasteiger partial charge in [-0.15, -0.1) is 6.58 Å². The molecule has 1 aromatic rings. The number of carbonyl (C=O) groups is 1. The summed E-state index contributed by atoms with van der Waals surface area (Å²) in [5.74, 6) is 0.884. The molecule has 1 saturated heterocycles. The molecule has 0 bridgehead atoms. The van der Waals surface area contributed by atoms with Crippen LogP contribution in [0.1, 0.15) is 25.7 Å². The lowest BCUT2D eigenvalue weighted by Gasteiger charge is -2.32. The minimum absolute atomic E-state index is 0.165. The molecule has 2 rings (SSSR count). The van der Waals surface area contributed by atoms with Gasteiger partial charge < -0.3 is 9.64 Å². The monoisotopic (exact) mass is 260 g/mol. The van der Waals surface area contributed by atoms with E-state index in [4.69, 9.17) is 4.74 Å². The summed E-state index contributed by atoms with van der Waals surface area (Å²) in [6.45, 7) is 5.18. The minimum Gasteiger partial charge on any atom is -0.474 e. The van der Waals surface area contributed by atoms with E-state index in [1.54, 1.807) is 12.3 Å². The molecule has 1 aliphatic rings. The van der Waals surface area contributed by atoms with Crippen LogP contribution in [0.2, 0.25) is 0 Å². The number of aromatic nitrogens is 1. The van der Waals surface area contributed by atoms with Crippen molar-refractivity contribution < 1.29 is 9.53 Å². The van der Waals surface area contributed by atoms with Crippen LogP contribution in [0.3, 0.4) is 0 Å². The van der Waals surface area contributed by atoms with Gasteiger partial charge in [-0.3, -0.25) is 4.79 Å². The maximum atomic E-state index is 11.8. The Bertz CT molecular complexity index is 411. The highest BCUT2D eigenvalue weighted by Crippen LogP contribution is 2.17. The van der Waals surface area contributed by atoms with E-state index in [0.29, 0.717) is 12.3 Å². The second kappa shape index (κ2) is 6.92. The third kappa shape index (κ3) is 4.09. The van der Waals surface area contributed by atoms with Crippen molar-refractivity contribution >= 4 is 5.91 Å². The summed E-state index contributed by atoms with van der Waals surface area (Å²) in [5, 5.41) is 0. The molecule has 0 unspecified atom stereocenters. The van der Waals surface area contributed by atoms with Crippen molar-refractivity contribution in [2.24, 2.45) is 0 Å². The second-order valence-electron chi connectivity index (χ2n) is 4.69. The number of allylic oxidation sites excluding steroid dienone is 1. The van der Waals surface area contributed by atoms with E-state index in [-0.39, 0.29) is 12.0 Å². The molecule has 0 radical (unpaired) electrons. The third-order valence-corrected chi connectivity index (χ3v) is 3.28. The van der Waals surface area contributed by atoms with Gasteiger partial charge in [-0.05, 0) is 12.5 Å². The Balaban J connectivity index is 1.76. The van der Waals surface area contributed by atoms with Gasteiger partial charge in [0.15, 0.2) is 0 Å². The quantitative estimate of drug-likeness (QED) is 0.764. The number of ether oxygens (including phenoxy) is 1. The molecule has 1 aromatic heterocycles. The second-order valence-corrected chi connectivity index (χ2v) is 4.69. The Kier molecular flexibility index (Phi) is 4.95. The number of hydrogen-bond donors (Lipinski definition) is 0. The summed E-state index contributed by atoms with van der Waals surface area (Å²) in [4.78, 5) is 17.9. The number of carbonyl (C=O) groups excluding carboxylic acids is 1. The lowest BCUT2D eigenvalue weighted by atomic mass is 10.1. The van der Waals surface area contributed by atoms with E-state index >= 15 is 0 Å². The Morgan fingerprint density at radius 1 is 1.47 bits per heavy atom. The predicted molar refractivity (Wildman–Crippen MR) is 73.9 cm³/mol. The zero-order chi connectivity index (χ0) is 13.5. The molecular formula is C15H20N2O2. The number of piperidine rings is 1. The number of pyridine rings is 1. The average molecular weight is 260 g/mol. The van der Waals surface area contributed by atoms with Crippen molar-refractivity contribution in [3.05, 3.63) is 37.1 Å². The fourth-order valence-electron chi connectivity index (χ4n) is 2.19. The van der Waals surface area contributed by atoms with Gasteiger partial charge in [0, 0.05) is 44.6 Å². The van der Waals surface area contributed by atoms with E-state index in [2.05, 4.69) is 11.6 Å².